The largest absolute Gasteiger partial charge is 0.456 e. The lowest BCUT2D eigenvalue weighted by Gasteiger charge is -2.30. The Kier molecular flexibility index (Phi) is 8.04. The Labute approximate surface area is 335 Å². The second kappa shape index (κ2) is 13.8. The third kappa shape index (κ3) is 5.71. The smallest absolute Gasteiger partial charge is 0.137 e. The summed E-state index contributed by atoms with van der Waals surface area (Å²) in [5.74, 6) is 0. The molecule has 0 saturated carbocycles. The monoisotopic (exact) mass is 745 g/mol. The van der Waals surface area contributed by atoms with Crippen LogP contribution in [0.15, 0.2) is 217 Å². The van der Waals surface area contributed by atoms with Crippen molar-refractivity contribution in [1.82, 2.24) is 0 Å². The molecule has 0 aliphatic heterocycles. The standard InChI is InChI=1S/C54H35NOS/c1-3-15-37(16-4-1)41-19-7-8-21-45(41)53-42(38-17-5-2-6-18-38)23-13-24-47(53)55(48-25-14-27-50-54(48)46-22-9-11-26-49(46)56-50)40-32-29-36(30-33-40)39-31-34-44-43-20-10-12-28-51(43)57-52(44)35-39/h1-35H. The van der Waals surface area contributed by atoms with Crippen molar-refractivity contribution in [2.75, 3.05) is 4.90 Å². The van der Waals surface area contributed by atoms with Gasteiger partial charge in [0.2, 0.25) is 0 Å². The predicted molar refractivity (Wildman–Crippen MR) is 243 cm³/mol. The molecule has 0 atom stereocenters. The number of furan rings is 1. The average Bonchev–Trinajstić information content (AvgIpc) is 3.86. The van der Waals surface area contributed by atoms with Crippen LogP contribution in [0.25, 0.3) is 86.6 Å². The summed E-state index contributed by atoms with van der Waals surface area (Å²) in [5, 5.41) is 4.80. The van der Waals surface area contributed by atoms with Gasteiger partial charge >= 0.3 is 0 Å². The van der Waals surface area contributed by atoms with Gasteiger partial charge in [0.05, 0.1) is 16.8 Å². The molecule has 11 rings (SSSR count). The lowest BCUT2D eigenvalue weighted by atomic mass is 9.87. The molecule has 2 heterocycles. The zero-order chi connectivity index (χ0) is 37.7. The summed E-state index contributed by atoms with van der Waals surface area (Å²) in [6.07, 6.45) is 0. The number of fused-ring (bicyclic) bond motifs is 6. The van der Waals surface area contributed by atoms with Crippen LogP contribution in [-0.2, 0) is 0 Å². The maximum absolute atomic E-state index is 6.51. The Hall–Kier alpha value is -7.20. The number of hydrogen-bond donors (Lipinski definition) is 0. The van der Waals surface area contributed by atoms with Gasteiger partial charge in [-0.25, -0.2) is 0 Å². The normalized spacial score (nSPS) is 11.5. The summed E-state index contributed by atoms with van der Waals surface area (Å²) in [6.45, 7) is 0. The predicted octanol–water partition coefficient (Wildman–Crippen LogP) is 16.1. The van der Waals surface area contributed by atoms with Crippen LogP contribution in [0, 0.1) is 0 Å². The number of rotatable bonds is 7. The summed E-state index contributed by atoms with van der Waals surface area (Å²) in [6, 6.07) is 76.4. The molecule has 0 aliphatic rings. The summed E-state index contributed by atoms with van der Waals surface area (Å²) in [5.41, 5.74) is 14.3. The minimum absolute atomic E-state index is 0.859. The molecule has 3 heteroatoms. The molecule has 0 fully saturated rings. The highest BCUT2D eigenvalue weighted by molar-refractivity contribution is 7.25. The summed E-state index contributed by atoms with van der Waals surface area (Å²) >= 11 is 1.86. The van der Waals surface area contributed by atoms with Crippen LogP contribution in [-0.4, -0.2) is 0 Å². The number of anilines is 3. The Morgan fingerprint density at radius 2 is 0.930 bits per heavy atom. The maximum atomic E-state index is 6.51. The molecule has 2 nitrogen and oxygen atoms in total. The lowest BCUT2D eigenvalue weighted by molar-refractivity contribution is 0.669. The van der Waals surface area contributed by atoms with Gasteiger partial charge in [0, 0.05) is 36.8 Å². The van der Waals surface area contributed by atoms with Crippen LogP contribution in [0.4, 0.5) is 17.1 Å². The van der Waals surface area contributed by atoms with Gasteiger partial charge in [-0.15, -0.1) is 11.3 Å². The number of benzene rings is 9. The van der Waals surface area contributed by atoms with Crippen LogP contribution in [0.5, 0.6) is 0 Å². The molecule has 268 valence electrons. The van der Waals surface area contributed by atoms with E-state index in [1.54, 1.807) is 0 Å². The first-order chi connectivity index (χ1) is 28.3. The first-order valence-corrected chi connectivity index (χ1v) is 20.2. The van der Waals surface area contributed by atoms with E-state index < -0.39 is 0 Å². The molecular formula is C54H35NOS. The van der Waals surface area contributed by atoms with E-state index in [-0.39, 0.29) is 0 Å². The highest BCUT2D eigenvalue weighted by Crippen LogP contribution is 2.50. The maximum Gasteiger partial charge on any atom is 0.137 e. The Balaban J connectivity index is 1.16. The summed E-state index contributed by atoms with van der Waals surface area (Å²) < 4.78 is 9.13. The van der Waals surface area contributed by atoms with Gasteiger partial charge in [0.25, 0.3) is 0 Å². The van der Waals surface area contributed by atoms with E-state index in [0.717, 1.165) is 50.1 Å². The van der Waals surface area contributed by atoms with Gasteiger partial charge in [0.1, 0.15) is 11.2 Å². The van der Waals surface area contributed by atoms with Crippen molar-refractivity contribution in [2.24, 2.45) is 0 Å². The number of thiophene rings is 1. The first kappa shape index (κ1) is 33.2. The molecule has 0 aliphatic carbocycles. The third-order valence-corrected chi connectivity index (χ3v) is 12.2. The lowest BCUT2D eigenvalue weighted by Crippen LogP contribution is -2.12. The fourth-order valence-corrected chi connectivity index (χ4v) is 9.64. The van der Waals surface area contributed by atoms with Crippen molar-refractivity contribution in [1.29, 1.82) is 0 Å². The number of nitrogens with zero attached hydrogens (tertiary/aromatic N) is 1. The Morgan fingerprint density at radius 3 is 1.74 bits per heavy atom. The molecule has 57 heavy (non-hydrogen) atoms. The third-order valence-electron chi connectivity index (χ3n) is 11.1. The highest BCUT2D eigenvalue weighted by Gasteiger charge is 2.25. The van der Waals surface area contributed by atoms with Crippen molar-refractivity contribution in [2.45, 2.75) is 0 Å². The van der Waals surface area contributed by atoms with Gasteiger partial charge in [-0.3, -0.25) is 0 Å². The van der Waals surface area contributed by atoms with Crippen molar-refractivity contribution in [3.63, 3.8) is 0 Å². The molecule has 0 amide bonds. The van der Waals surface area contributed by atoms with E-state index >= 15 is 0 Å². The SMILES string of the molecule is c1ccc(-c2ccccc2-c2c(-c3ccccc3)cccc2N(c2ccc(-c3ccc4c(c3)sc3ccccc34)cc2)c2cccc3oc4ccccc4c23)cc1. The quantitative estimate of drug-likeness (QED) is 0.162. The Bertz CT molecular complexity index is 3230. The minimum atomic E-state index is 0.859. The average molecular weight is 746 g/mol. The zero-order valence-corrected chi connectivity index (χ0v) is 31.8. The van der Waals surface area contributed by atoms with Crippen LogP contribution in [0.3, 0.4) is 0 Å². The minimum Gasteiger partial charge on any atom is -0.456 e. The van der Waals surface area contributed by atoms with Crippen molar-refractivity contribution >= 4 is 70.5 Å². The molecular weight excluding hydrogens is 711 g/mol. The fraction of sp³-hybridized carbons (Fsp3) is 0. The second-order valence-corrected chi connectivity index (χ2v) is 15.5. The molecule has 0 bridgehead atoms. The summed E-state index contributed by atoms with van der Waals surface area (Å²) in [7, 11) is 0. The molecule has 2 aromatic heterocycles. The van der Waals surface area contributed by atoms with Crippen molar-refractivity contribution < 1.29 is 4.42 Å². The van der Waals surface area contributed by atoms with Gasteiger partial charge in [-0.1, -0.05) is 164 Å². The summed E-state index contributed by atoms with van der Waals surface area (Å²) in [4.78, 5) is 2.44. The number of hydrogen-bond acceptors (Lipinski definition) is 3. The molecule has 0 radical (unpaired) electrons. The Morgan fingerprint density at radius 1 is 0.351 bits per heavy atom. The van der Waals surface area contributed by atoms with Crippen LogP contribution < -0.4 is 4.90 Å². The van der Waals surface area contributed by atoms with E-state index in [2.05, 4.69) is 211 Å². The van der Waals surface area contributed by atoms with Crippen LogP contribution in [0.2, 0.25) is 0 Å². The number of para-hydroxylation sites is 1. The first-order valence-electron chi connectivity index (χ1n) is 19.3. The van der Waals surface area contributed by atoms with E-state index in [1.165, 1.54) is 53.6 Å². The van der Waals surface area contributed by atoms with E-state index in [9.17, 15) is 0 Å². The van der Waals surface area contributed by atoms with Crippen molar-refractivity contribution in [3.8, 4) is 44.5 Å². The molecule has 11 aromatic rings. The highest BCUT2D eigenvalue weighted by atomic mass is 32.1. The molecule has 0 saturated heterocycles. The van der Waals surface area contributed by atoms with Crippen LogP contribution in [0.1, 0.15) is 0 Å². The van der Waals surface area contributed by atoms with E-state index in [4.69, 9.17) is 4.42 Å². The molecule has 0 spiro atoms. The van der Waals surface area contributed by atoms with E-state index in [0.29, 0.717) is 0 Å². The zero-order valence-electron chi connectivity index (χ0n) is 31.0. The van der Waals surface area contributed by atoms with Crippen LogP contribution >= 0.6 is 11.3 Å². The van der Waals surface area contributed by atoms with Crippen molar-refractivity contribution in [3.05, 3.63) is 212 Å². The topological polar surface area (TPSA) is 16.4 Å². The van der Waals surface area contributed by atoms with Gasteiger partial charge in [-0.2, -0.15) is 0 Å². The fourth-order valence-electron chi connectivity index (χ4n) is 8.50. The van der Waals surface area contributed by atoms with Gasteiger partial charge in [-0.05, 0) is 87.5 Å². The van der Waals surface area contributed by atoms with Gasteiger partial charge < -0.3 is 9.32 Å². The van der Waals surface area contributed by atoms with Gasteiger partial charge in [0.15, 0.2) is 0 Å². The molecule has 9 aromatic carbocycles. The van der Waals surface area contributed by atoms with E-state index in [1.807, 2.05) is 17.4 Å². The molecule has 0 unspecified atom stereocenters. The second-order valence-electron chi connectivity index (χ2n) is 14.4. The molecule has 0 N–H and O–H groups in total.